The summed E-state index contributed by atoms with van der Waals surface area (Å²) in [6.07, 6.45) is 0.545. The summed E-state index contributed by atoms with van der Waals surface area (Å²) >= 11 is 5.99. The molecule has 1 N–H and O–H groups in total. The first-order valence-corrected chi connectivity index (χ1v) is 6.39. The van der Waals surface area contributed by atoms with Crippen LogP contribution in [0.5, 0.6) is 5.75 Å². The van der Waals surface area contributed by atoms with Crippen LogP contribution in [0.1, 0.15) is 12.0 Å². The van der Waals surface area contributed by atoms with Gasteiger partial charge in [0.15, 0.2) is 0 Å². The lowest BCUT2D eigenvalue weighted by Crippen LogP contribution is -2.31. The van der Waals surface area contributed by atoms with Gasteiger partial charge < -0.3 is 15.0 Å². The molecule has 18 heavy (non-hydrogen) atoms. The highest BCUT2D eigenvalue weighted by molar-refractivity contribution is 6.30. The van der Waals surface area contributed by atoms with Crippen LogP contribution in [0.2, 0.25) is 5.02 Å². The molecule has 1 amide bonds. The Bertz CT molecular complexity index is 437. The van der Waals surface area contributed by atoms with Gasteiger partial charge in [-0.1, -0.05) is 11.6 Å². The maximum absolute atomic E-state index is 11.9. The van der Waals surface area contributed by atoms with Gasteiger partial charge in [-0.15, -0.1) is 0 Å². The van der Waals surface area contributed by atoms with E-state index in [9.17, 15) is 4.79 Å². The molecule has 1 heterocycles. The summed E-state index contributed by atoms with van der Waals surface area (Å²) in [4.78, 5) is 13.8. The summed E-state index contributed by atoms with van der Waals surface area (Å²) in [5, 5.41) is 3.87. The van der Waals surface area contributed by atoms with Crippen molar-refractivity contribution in [2.24, 2.45) is 0 Å². The molecule has 0 unspecified atom stereocenters. The molecule has 1 saturated heterocycles. The molecule has 0 atom stereocenters. The van der Waals surface area contributed by atoms with Gasteiger partial charge in [0.25, 0.3) is 0 Å². The van der Waals surface area contributed by atoms with Gasteiger partial charge in [-0.2, -0.15) is 0 Å². The maximum atomic E-state index is 11.9. The molecule has 1 aromatic carbocycles. The summed E-state index contributed by atoms with van der Waals surface area (Å²) in [6, 6.07) is 5.47. The highest BCUT2D eigenvalue weighted by atomic mass is 35.5. The number of hydrogen-bond acceptors (Lipinski definition) is 3. The highest BCUT2D eigenvalue weighted by Crippen LogP contribution is 2.24. The van der Waals surface area contributed by atoms with E-state index in [0.717, 1.165) is 24.4 Å². The van der Waals surface area contributed by atoms with Gasteiger partial charge in [-0.05, 0) is 18.2 Å². The summed E-state index contributed by atoms with van der Waals surface area (Å²) in [5.41, 5.74) is 0.945. The Morgan fingerprint density at radius 3 is 3.06 bits per heavy atom. The second kappa shape index (κ2) is 6.07. The Hall–Kier alpha value is -1.26. The predicted octanol–water partition coefficient (Wildman–Crippen LogP) is 1.67. The smallest absolute Gasteiger partial charge is 0.224 e. The molecule has 1 aliphatic heterocycles. The van der Waals surface area contributed by atoms with Crippen molar-refractivity contribution in [1.29, 1.82) is 0 Å². The fourth-order valence-electron chi connectivity index (χ4n) is 2.06. The Morgan fingerprint density at radius 2 is 2.28 bits per heavy atom. The summed E-state index contributed by atoms with van der Waals surface area (Å²) in [7, 11) is 1.62. The minimum absolute atomic E-state index is 0.169. The fourth-order valence-corrected chi connectivity index (χ4v) is 2.26. The normalized spacial score (nSPS) is 16.6. The average Bonchev–Trinajstić information content (AvgIpc) is 2.55. The zero-order valence-corrected chi connectivity index (χ0v) is 11.2. The molecule has 1 fully saturated rings. The first kappa shape index (κ1) is 13.2. The Kier molecular flexibility index (Phi) is 4.44. The third kappa shape index (κ3) is 3.15. The van der Waals surface area contributed by atoms with Gasteiger partial charge in [0.2, 0.25) is 5.91 Å². The molecule has 4 nitrogen and oxygen atoms in total. The number of methoxy groups -OCH3 is 1. The van der Waals surface area contributed by atoms with Crippen LogP contribution in [-0.4, -0.2) is 37.6 Å². The Labute approximate surface area is 112 Å². The monoisotopic (exact) mass is 268 g/mol. The van der Waals surface area contributed by atoms with Crippen LogP contribution >= 0.6 is 11.6 Å². The van der Waals surface area contributed by atoms with Crippen LogP contribution in [-0.2, 0) is 11.3 Å². The largest absolute Gasteiger partial charge is 0.496 e. The van der Waals surface area contributed by atoms with Crippen molar-refractivity contribution in [1.82, 2.24) is 10.2 Å². The van der Waals surface area contributed by atoms with Crippen LogP contribution in [0.15, 0.2) is 18.2 Å². The van der Waals surface area contributed by atoms with Gasteiger partial charge >= 0.3 is 0 Å². The SMILES string of the molecule is COc1ccc(Cl)cc1CN1CCNCCC1=O. The molecule has 0 saturated carbocycles. The lowest BCUT2D eigenvalue weighted by atomic mass is 10.2. The van der Waals surface area contributed by atoms with E-state index < -0.39 is 0 Å². The minimum Gasteiger partial charge on any atom is -0.496 e. The molecular weight excluding hydrogens is 252 g/mol. The molecule has 0 aliphatic carbocycles. The number of carbonyl (C=O) groups excluding carboxylic acids is 1. The number of amides is 1. The molecule has 0 aromatic heterocycles. The van der Waals surface area contributed by atoms with Crippen LogP contribution in [0, 0.1) is 0 Å². The molecule has 1 aromatic rings. The minimum atomic E-state index is 0.169. The van der Waals surface area contributed by atoms with Gasteiger partial charge in [-0.3, -0.25) is 4.79 Å². The number of ether oxygens (including phenoxy) is 1. The van der Waals surface area contributed by atoms with Crippen LogP contribution in [0.25, 0.3) is 0 Å². The molecule has 2 rings (SSSR count). The highest BCUT2D eigenvalue weighted by Gasteiger charge is 2.18. The van der Waals surface area contributed by atoms with Gasteiger partial charge in [0.05, 0.1) is 7.11 Å². The van der Waals surface area contributed by atoms with Crippen molar-refractivity contribution in [2.75, 3.05) is 26.7 Å². The zero-order chi connectivity index (χ0) is 13.0. The lowest BCUT2D eigenvalue weighted by molar-refractivity contribution is -0.130. The maximum Gasteiger partial charge on any atom is 0.224 e. The van der Waals surface area contributed by atoms with E-state index in [-0.39, 0.29) is 5.91 Å². The molecule has 0 bridgehead atoms. The topological polar surface area (TPSA) is 41.6 Å². The predicted molar refractivity (Wildman–Crippen MR) is 70.9 cm³/mol. The quantitative estimate of drug-likeness (QED) is 0.907. The average molecular weight is 269 g/mol. The summed E-state index contributed by atoms with van der Waals surface area (Å²) in [5.74, 6) is 0.937. The van der Waals surface area contributed by atoms with E-state index >= 15 is 0 Å². The van der Waals surface area contributed by atoms with Gasteiger partial charge in [0, 0.05) is 43.2 Å². The molecule has 0 radical (unpaired) electrons. The van der Waals surface area contributed by atoms with E-state index in [4.69, 9.17) is 16.3 Å². The summed E-state index contributed by atoms with van der Waals surface area (Å²) < 4.78 is 5.30. The first-order chi connectivity index (χ1) is 8.70. The Morgan fingerprint density at radius 1 is 1.44 bits per heavy atom. The van der Waals surface area contributed by atoms with E-state index in [1.165, 1.54) is 0 Å². The third-order valence-electron chi connectivity index (χ3n) is 3.03. The first-order valence-electron chi connectivity index (χ1n) is 6.01. The third-order valence-corrected chi connectivity index (χ3v) is 3.27. The van der Waals surface area contributed by atoms with Crippen LogP contribution < -0.4 is 10.1 Å². The number of benzene rings is 1. The number of hydrogen-bond donors (Lipinski definition) is 1. The second-order valence-electron chi connectivity index (χ2n) is 4.27. The number of nitrogens with zero attached hydrogens (tertiary/aromatic N) is 1. The van der Waals surface area contributed by atoms with Crippen molar-refractivity contribution in [2.45, 2.75) is 13.0 Å². The van der Waals surface area contributed by atoms with E-state index in [1.54, 1.807) is 13.2 Å². The zero-order valence-electron chi connectivity index (χ0n) is 10.4. The standard InChI is InChI=1S/C13H17ClN2O2/c1-18-12-3-2-11(14)8-10(12)9-16-7-6-15-5-4-13(16)17/h2-3,8,15H,4-7,9H2,1H3. The second-order valence-corrected chi connectivity index (χ2v) is 4.71. The van der Waals surface area contributed by atoms with Crippen molar-refractivity contribution < 1.29 is 9.53 Å². The van der Waals surface area contributed by atoms with Crippen molar-refractivity contribution in [3.8, 4) is 5.75 Å². The van der Waals surface area contributed by atoms with E-state index in [0.29, 0.717) is 24.5 Å². The molecule has 98 valence electrons. The van der Waals surface area contributed by atoms with Gasteiger partial charge in [-0.25, -0.2) is 0 Å². The molecular formula is C13H17ClN2O2. The summed E-state index contributed by atoms with van der Waals surface area (Å²) in [6.45, 7) is 2.84. The van der Waals surface area contributed by atoms with E-state index in [2.05, 4.69) is 5.32 Å². The van der Waals surface area contributed by atoms with Crippen molar-refractivity contribution >= 4 is 17.5 Å². The molecule has 5 heteroatoms. The van der Waals surface area contributed by atoms with Crippen molar-refractivity contribution in [3.05, 3.63) is 28.8 Å². The fraction of sp³-hybridized carbons (Fsp3) is 0.462. The number of nitrogens with one attached hydrogen (secondary N) is 1. The van der Waals surface area contributed by atoms with Crippen LogP contribution in [0.3, 0.4) is 0 Å². The van der Waals surface area contributed by atoms with Crippen molar-refractivity contribution in [3.63, 3.8) is 0 Å². The molecule has 0 spiro atoms. The van der Waals surface area contributed by atoms with Crippen LogP contribution in [0.4, 0.5) is 0 Å². The van der Waals surface area contributed by atoms with E-state index in [1.807, 2.05) is 17.0 Å². The van der Waals surface area contributed by atoms with Gasteiger partial charge in [0.1, 0.15) is 5.75 Å². The number of halogens is 1. The Balaban J connectivity index is 2.16. The number of carbonyl (C=O) groups is 1. The lowest BCUT2D eigenvalue weighted by Gasteiger charge is -2.21. The number of rotatable bonds is 3. The molecule has 1 aliphatic rings.